The van der Waals surface area contributed by atoms with Crippen molar-refractivity contribution in [3.63, 3.8) is 0 Å². The first-order chi connectivity index (χ1) is 39.3. The number of methoxy groups -OCH3 is 1. The summed E-state index contributed by atoms with van der Waals surface area (Å²) in [7, 11) is 1.65. The molecule has 0 radical (unpaired) electrons. The van der Waals surface area contributed by atoms with Gasteiger partial charge in [0.1, 0.15) is 34.8 Å². The number of benzene rings is 1. The number of likely N-dealkylation sites (tertiary alicyclic amines) is 2. The van der Waals surface area contributed by atoms with Gasteiger partial charge in [0.25, 0.3) is 11.8 Å². The number of Topliss-reactive ketones (excluding diaryl/α,β-unsaturated/α-hetero) is 2. The van der Waals surface area contributed by atoms with Crippen LogP contribution >= 0.6 is 12.6 Å². The SMILES string of the molecule is CC(NC(=O)[C@H](C)NC(=O)CCN1C(=O)C=C(S)C1=O)C(=O)NC1CN(CC2CN(C(=O)C3(C#N)Cc4c(O)c5c(c(O)c4C(O)C3)C(O)=C3C(=O)CCC=C3C5=O)C2)C1.CCCCC(C)C.COC1CN(C2CCOC(C)C2O)CCO1. The van der Waals surface area contributed by atoms with E-state index in [2.05, 4.69) is 59.2 Å². The second-order valence-corrected chi connectivity index (χ2v) is 23.6. The number of rotatable bonds is 16. The Morgan fingerprint density at radius 1 is 0.940 bits per heavy atom. The summed E-state index contributed by atoms with van der Waals surface area (Å²) in [5, 5.41) is 73.3. The van der Waals surface area contributed by atoms with Gasteiger partial charge in [-0.25, -0.2) is 0 Å². The molecule has 25 heteroatoms. The van der Waals surface area contributed by atoms with E-state index in [1.807, 2.05) is 13.0 Å². The zero-order valence-corrected chi connectivity index (χ0v) is 49.2. The number of morpholine rings is 1. The van der Waals surface area contributed by atoms with Crippen molar-refractivity contribution in [3.05, 3.63) is 50.5 Å². The maximum absolute atomic E-state index is 13.9. The summed E-state index contributed by atoms with van der Waals surface area (Å²) in [5.74, 6) is -5.86. The molecular formula is C58H80N8O16S. The molecule has 454 valence electrons. The maximum atomic E-state index is 13.9. The summed E-state index contributed by atoms with van der Waals surface area (Å²) in [6.07, 6.45) is 4.44. The number of amides is 6. The lowest BCUT2D eigenvalue weighted by atomic mass is 9.67. The van der Waals surface area contributed by atoms with Gasteiger partial charge in [-0.3, -0.25) is 53.1 Å². The average Bonchev–Trinajstić information content (AvgIpc) is 1.77. The van der Waals surface area contributed by atoms with E-state index < -0.39 is 118 Å². The monoisotopic (exact) mass is 1180 g/mol. The summed E-state index contributed by atoms with van der Waals surface area (Å²) in [6, 6.07) is 0.0565. The Morgan fingerprint density at radius 2 is 1.64 bits per heavy atom. The summed E-state index contributed by atoms with van der Waals surface area (Å²) in [4.78, 5) is 108. The number of phenolic OH excluding ortho intramolecular Hbond substituents is 2. The van der Waals surface area contributed by atoms with E-state index in [9.17, 15) is 69.2 Å². The van der Waals surface area contributed by atoms with Gasteiger partial charge in [-0.05, 0) is 39.5 Å². The van der Waals surface area contributed by atoms with Gasteiger partial charge in [0.15, 0.2) is 17.9 Å². The highest BCUT2D eigenvalue weighted by atomic mass is 32.1. The number of nitriles is 1. The van der Waals surface area contributed by atoms with Gasteiger partial charge in [0.2, 0.25) is 23.6 Å². The number of hydrogen-bond donors (Lipinski definition) is 9. The van der Waals surface area contributed by atoms with Crippen molar-refractivity contribution in [1.82, 2.24) is 35.6 Å². The molecule has 0 aromatic heterocycles. The van der Waals surface area contributed by atoms with E-state index in [0.29, 0.717) is 39.3 Å². The standard InChI is InChI=1S/C40H43N7O12S.C11H21NO4.C7H16/c1-17(42-26(50)6-7-47-27(51)8-25(60)38(47)58)36(56)43-18(2)37(57)44-20-14-45(15-20)11-19-12-46(13-19)39(59)40(16-41)9-22-29(24(49)10-40)35(55)31-30(33(22)53)32(52)21-4-3-5-23(48)28(21)34(31)54;1-8-11(13)9(3-5-15-8)12-4-6-16-10(7-12)14-2;1-4-5-6-7(2)3/h4,8,17-20,24,49,53-55,60H,3,5-7,9-15H2,1-2H3,(H,42,50)(H,43,56)(H,44,57);8-11,13H,3-7H2,1-2H3;7H,4-6H2,1-3H3/t17-,18?,24?,40?;;/m0../s1. The number of ketones is 2. The Balaban J connectivity index is 0.000000356. The van der Waals surface area contributed by atoms with Crippen molar-refractivity contribution in [1.29, 1.82) is 5.26 Å². The van der Waals surface area contributed by atoms with Gasteiger partial charge in [-0.2, -0.15) is 5.26 Å². The topological polar surface area (TPSA) is 338 Å². The van der Waals surface area contributed by atoms with Crippen LogP contribution in [0.1, 0.15) is 126 Å². The average molecular weight is 1180 g/mol. The number of nitrogens with zero attached hydrogens (tertiary/aromatic N) is 5. The van der Waals surface area contributed by atoms with Gasteiger partial charge in [0.05, 0.1) is 58.6 Å². The Labute approximate surface area is 488 Å². The first-order valence-electron chi connectivity index (χ1n) is 28.6. The normalized spacial score (nSPS) is 26.3. The summed E-state index contributed by atoms with van der Waals surface area (Å²) < 4.78 is 16.1. The predicted octanol–water partition coefficient (Wildman–Crippen LogP) is 1.84. The first-order valence-corrected chi connectivity index (χ1v) is 29.1. The second-order valence-electron chi connectivity index (χ2n) is 23.1. The lowest BCUT2D eigenvalue weighted by molar-refractivity contribution is -0.190. The predicted molar refractivity (Wildman–Crippen MR) is 302 cm³/mol. The third kappa shape index (κ3) is 14.3. The Bertz CT molecular complexity index is 2840. The third-order valence-electron chi connectivity index (χ3n) is 16.5. The minimum Gasteiger partial charge on any atom is -0.507 e. The van der Waals surface area contributed by atoms with Gasteiger partial charge in [-0.15, -0.1) is 12.6 Å². The Hall–Kier alpha value is -6.24. The molecule has 9 rings (SSSR count). The number of ether oxygens (including phenoxy) is 3. The molecule has 5 heterocycles. The van der Waals surface area contributed by atoms with E-state index in [1.165, 1.54) is 44.1 Å². The molecule has 83 heavy (non-hydrogen) atoms. The van der Waals surface area contributed by atoms with Crippen molar-refractivity contribution < 1.29 is 78.1 Å². The van der Waals surface area contributed by atoms with Crippen molar-refractivity contribution in [2.45, 2.75) is 148 Å². The minimum atomic E-state index is -1.84. The number of fused-ring (bicyclic) bond motifs is 3. The number of unbranched alkanes of at least 4 members (excludes halogenated alkanes) is 1. The zero-order chi connectivity index (χ0) is 60.8. The fourth-order valence-corrected chi connectivity index (χ4v) is 12.0. The third-order valence-corrected chi connectivity index (χ3v) is 16.8. The number of allylic oxidation sites excluding steroid dienone is 3. The number of imide groups is 1. The molecule has 0 saturated carbocycles. The lowest BCUT2D eigenvalue weighted by Crippen LogP contribution is -2.65. The molecule has 0 bridgehead atoms. The summed E-state index contributed by atoms with van der Waals surface area (Å²) in [5.41, 5.74) is -3.56. The van der Waals surface area contributed by atoms with Crippen molar-refractivity contribution in [3.8, 4) is 17.6 Å². The van der Waals surface area contributed by atoms with Crippen LogP contribution in [-0.4, -0.2) is 207 Å². The lowest BCUT2D eigenvalue weighted by Gasteiger charge is -2.48. The number of carbonyl (C=O) groups excluding carboxylic acids is 8. The van der Waals surface area contributed by atoms with E-state index >= 15 is 0 Å². The van der Waals surface area contributed by atoms with Gasteiger partial charge in [-0.1, -0.05) is 46.1 Å². The number of carbonyl (C=O) groups is 8. The number of aliphatic hydroxyl groups is 3. The van der Waals surface area contributed by atoms with Gasteiger partial charge < -0.3 is 60.6 Å². The highest BCUT2D eigenvalue weighted by Gasteiger charge is 2.53. The number of aromatic hydroxyl groups is 2. The molecule has 1 aromatic rings. The molecule has 5 aliphatic heterocycles. The van der Waals surface area contributed by atoms with Crippen molar-refractivity contribution >= 4 is 65.4 Å². The van der Waals surface area contributed by atoms with Crippen molar-refractivity contribution in [2.24, 2.45) is 17.3 Å². The van der Waals surface area contributed by atoms with Crippen LogP contribution in [0.3, 0.4) is 0 Å². The van der Waals surface area contributed by atoms with Crippen LogP contribution in [0.4, 0.5) is 0 Å². The highest BCUT2D eigenvalue weighted by molar-refractivity contribution is 7.85. The Kier molecular flexibility index (Phi) is 21.4. The quantitative estimate of drug-likeness (QED) is 0.0648. The molecule has 7 unspecified atom stereocenters. The largest absolute Gasteiger partial charge is 0.507 e. The maximum Gasteiger partial charge on any atom is 0.267 e. The number of hydrogen-bond acceptors (Lipinski definition) is 20. The van der Waals surface area contributed by atoms with Gasteiger partial charge >= 0.3 is 0 Å². The number of phenols is 2. The van der Waals surface area contributed by atoms with Crippen LogP contribution in [0, 0.1) is 28.6 Å². The summed E-state index contributed by atoms with van der Waals surface area (Å²) in [6.45, 7) is 16.6. The molecule has 1 aromatic carbocycles. The minimum absolute atomic E-state index is 0.0252. The molecule has 8 aliphatic rings. The molecular weight excluding hydrogens is 1100 g/mol. The van der Waals surface area contributed by atoms with Crippen LogP contribution in [0.25, 0.3) is 5.76 Å². The van der Waals surface area contributed by atoms with Crippen molar-refractivity contribution in [2.75, 3.05) is 72.7 Å². The van der Waals surface area contributed by atoms with Crippen LogP contribution in [-0.2, 0) is 54.2 Å². The smallest absolute Gasteiger partial charge is 0.267 e. The van der Waals surface area contributed by atoms with Crippen LogP contribution in [0.15, 0.2) is 28.2 Å². The first kappa shape index (κ1) is 64.3. The second kappa shape index (κ2) is 27.6. The molecule has 0 spiro atoms. The molecule has 4 saturated heterocycles. The van der Waals surface area contributed by atoms with E-state index in [-0.39, 0.29) is 83.4 Å². The number of thiol groups is 1. The molecule has 4 fully saturated rings. The molecule has 8 N–H and O–H groups in total. The summed E-state index contributed by atoms with van der Waals surface area (Å²) >= 11 is 3.90. The highest BCUT2D eigenvalue weighted by Crippen LogP contribution is 2.55. The van der Waals surface area contributed by atoms with E-state index in [4.69, 9.17) is 14.2 Å². The van der Waals surface area contributed by atoms with E-state index in [1.54, 1.807) is 7.11 Å². The molecule has 8 atom stereocenters. The number of nitrogens with one attached hydrogen (secondary N) is 3. The van der Waals surface area contributed by atoms with E-state index in [0.717, 1.165) is 43.0 Å². The molecule has 6 amide bonds. The molecule has 3 aliphatic carbocycles. The zero-order valence-electron chi connectivity index (χ0n) is 48.3. The molecule has 24 nitrogen and oxygen atoms in total. The van der Waals surface area contributed by atoms with Crippen LogP contribution in [0.5, 0.6) is 11.5 Å². The fourth-order valence-electron chi connectivity index (χ4n) is 11.7. The Morgan fingerprint density at radius 3 is 2.27 bits per heavy atom. The van der Waals surface area contributed by atoms with Gasteiger partial charge in [0, 0.05) is 126 Å². The van der Waals surface area contributed by atoms with Crippen LogP contribution in [0.2, 0.25) is 0 Å². The number of aliphatic hydroxyl groups excluding tert-OH is 3. The fraction of sp³-hybridized carbons (Fsp3) is 0.638. The van der Waals surface area contributed by atoms with Crippen LogP contribution < -0.4 is 16.0 Å².